The van der Waals surface area contributed by atoms with E-state index in [0.717, 1.165) is 28.8 Å². The van der Waals surface area contributed by atoms with Gasteiger partial charge in [-0.3, -0.25) is 9.48 Å². The molecular formula is C21H30N4O5S2. The van der Waals surface area contributed by atoms with Gasteiger partial charge < -0.3 is 4.90 Å². The molecule has 0 radical (unpaired) electrons. The van der Waals surface area contributed by atoms with Crippen LogP contribution >= 0.6 is 0 Å². The summed E-state index contributed by atoms with van der Waals surface area (Å²) in [6.07, 6.45) is 2.21. The predicted molar refractivity (Wildman–Crippen MR) is 123 cm³/mol. The number of hydrogen-bond acceptors (Lipinski definition) is 6. The third kappa shape index (κ3) is 5.96. The van der Waals surface area contributed by atoms with Crippen LogP contribution in [-0.2, 0) is 32.8 Å². The first-order valence-electron chi connectivity index (χ1n) is 10.4. The van der Waals surface area contributed by atoms with E-state index in [9.17, 15) is 21.6 Å². The van der Waals surface area contributed by atoms with Gasteiger partial charge in [0.05, 0.1) is 29.5 Å². The summed E-state index contributed by atoms with van der Waals surface area (Å²) in [4.78, 5) is 14.5. The van der Waals surface area contributed by atoms with Gasteiger partial charge in [-0.1, -0.05) is 12.1 Å². The molecular weight excluding hydrogens is 452 g/mol. The molecule has 1 aromatic carbocycles. The van der Waals surface area contributed by atoms with Gasteiger partial charge >= 0.3 is 0 Å². The highest BCUT2D eigenvalue weighted by Gasteiger charge is 2.31. The second-order valence-electron chi connectivity index (χ2n) is 8.43. The first kappa shape index (κ1) is 24.4. The Hall–Kier alpha value is -2.24. The molecule has 1 aromatic heterocycles. The van der Waals surface area contributed by atoms with Gasteiger partial charge in [0.1, 0.15) is 0 Å². The number of nitrogens with one attached hydrogen (secondary N) is 1. The summed E-state index contributed by atoms with van der Waals surface area (Å²) >= 11 is 0. The van der Waals surface area contributed by atoms with E-state index < -0.39 is 19.9 Å². The van der Waals surface area contributed by atoms with Gasteiger partial charge in [0.25, 0.3) is 5.91 Å². The molecule has 0 saturated carbocycles. The van der Waals surface area contributed by atoms with Crippen LogP contribution in [0.15, 0.2) is 24.3 Å². The van der Waals surface area contributed by atoms with Crippen LogP contribution in [0, 0.1) is 13.8 Å². The van der Waals surface area contributed by atoms with Crippen molar-refractivity contribution in [2.24, 2.45) is 0 Å². The van der Waals surface area contributed by atoms with Crippen LogP contribution in [0.25, 0.3) is 0 Å². The number of sulfone groups is 1. The average molecular weight is 483 g/mol. The number of hydrogen-bond donors (Lipinski definition) is 1. The van der Waals surface area contributed by atoms with Crippen molar-refractivity contribution in [2.75, 3.05) is 31.4 Å². The molecule has 1 aliphatic heterocycles. The van der Waals surface area contributed by atoms with E-state index in [4.69, 9.17) is 0 Å². The second-order valence-corrected chi connectivity index (χ2v) is 12.5. The van der Waals surface area contributed by atoms with E-state index in [0.29, 0.717) is 31.5 Å². The summed E-state index contributed by atoms with van der Waals surface area (Å²) in [5, 5.41) is 4.57. The molecule has 2 aromatic rings. The third-order valence-electron chi connectivity index (χ3n) is 5.75. The van der Waals surface area contributed by atoms with Crippen molar-refractivity contribution < 1.29 is 21.6 Å². The minimum atomic E-state index is -3.22. The highest BCUT2D eigenvalue weighted by molar-refractivity contribution is 7.91. The highest BCUT2D eigenvalue weighted by Crippen LogP contribution is 2.27. The number of rotatable bonds is 8. The smallest absolute Gasteiger partial charge is 0.253 e. The molecule has 1 aliphatic rings. The highest BCUT2D eigenvalue weighted by atomic mass is 32.2. The predicted octanol–water partition coefficient (Wildman–Crippen LogP) is 1.22. The van der Waals surface area contributed by atoms with E-state index in [1.807, 2.05) is 26.0 Å². The van der Waals surface area contributed by atoms with Gasteiger partial charge in [0.15, 0.2) is 9.84 Å². The number of sulfonamides is 1. The van der Waals surface area contributed by atoms with Crippen molar-refractivity contribution in [2.45, 2.75) is 39.3 Å². The summed E-state index contributed by atoms with van der Waals surface area (Å²) in [6.45, 7) is 4.46. The normalized spacial score (nSPS) is 18.1. The largest absolute Gasteiger partial charge is 0.337 e. The Morgan fingerprint density at radius 2 is 1.91 bits per heavy atom. The fraction of sp³-hybridized carbons (Fsp3) is 0.524. The Labute approximate surface area is 189 Å². The fourth-order valence-electron chi connectivity index (χ4n) is 3.97. The maximum absolute atomic E-state index is 12.9. The van der Waals surface area contributed by atoms with Gasteiger partial charge in [0.2, 0.25) is 10.0 Å². The zero-order valence-electron chi connectivity index (χ0n) is 18.8. The molecule has 0 bridgehead atoms. The summed E-state index contributed by atoms with van der Waals surface area (Å²) < 4.78 is 50.2. The second kappa shape index (κ2) is 9.32. The Morgan fingerprint density at radius 1 is 1.25 bits per heavy atom. The molecule has 1 fully saturated rings. The van der Waals surface area contributed by atoms with Crippen molar-refractivity contribution in [3.63, 3.8) is 0 Å². The lowest BCUT2D eigenvalue weighted by Gasteiger charge is -2.18. The molecule has 11 heteroatoms. The molecule has 3 rings (SSSR count). The summed E-state index contributed by atoms with van der Waals surface area (Å²) in [5.74, 6) is 0.153. The topological polar surface area (TPSA) is 118 Å². The van der Waals surface area contributed by atoms with Crippen LogP contribution in [0.1, 0.15) is 45.3 Å². The fourth-order valence-corrected chi connectivity index (χ4v) is 6.14. The van der Waals surface area contributed by atoms with Crippen molar-refractivity contribution in [1.82, 2.24) is 19.4 Å². The van der Waals surface area contributed by atoms with Crippen molar-refractivity contribution in [3.05, 3.63) is 52.3 Å². The molecule has 0 spiro atoms. The minimum absolute atomic E-state index is 0.106. The number of benzene rings is 1. The summed E-state index contributed by atoms with van der Waals surface area (Å²) in [6, 6.07) is 6.96. The molecule has 1 atom stereocenters. The molecule has 0 aliphatic carbocycles. The van der Waals surface area contributed by atoms with E-state index in [1.165, 1.54) is 0 Å². The van der Waals surface area contributed by atoms with Gasteiger partial charge in [-0.25, -0.2) is 21.6 Å². The molecule has 9 nitrogen and oxygen atoms in total. The quantitative estimate of drug-likeness (QED) is 0.604. The number of carbonyl (C=O) groups excluding carboxylic acids is 1. The summed E-state index contributed by atoms with van der Waals surface area (Å²) in [5.41, 5.74) is 4.07. The first-order chi connectivity index (χ1) is 14.9. The van der Waals surface area contributed by atoms with E-state index >= 15 is 0 Å². The molecule has 2 heterocycles. The zero-order valence-corrected chi connectivity index (χ0v) is 20.5. The van der Waals surface area contributed by atoms with Crippen LogP contribution in [0.2, 0.25) is 0 Å². The molecule has 1 N–H and O–H groups in total. The number of aromatic nitrogens is 2. The van der Waals surface area contributed by atoms with Crippen LogP contribution in [0.5, 0.6) is 0 Å². The summed E-state index contributed by atoms with van der Waals surface area (Å²) in [7, 11) is -4.51. The molecule has 1 saturated heterocycles. The van der Waals surface area contributed by atoms with Gasteiger partial charge in [0, 0.05) is 37.0 Å². The first-order valence-corrected chi connectivity index (χ1v) is 14.1. The molecule has 176 valence electrons. The Kier molecular flexibility index (Phi) is 7.11. The third-order valence-corrected chi connectivity index (χ3v) is 8.23. The van der Waals surface area contributed by atoms with Crippen LogP contribution < -0.4 is 4.72 Å². The van der Waals surface area contributed by atoms with E-state index in [1.54, 1.807) is 28.8 Å². The zero-order chi connectivity index (χ0) is 23.7. The Morgan fingerprint density at radius 3 is 2.47 bits per heavy atom. The monoisotopic (exact) mass is 482 g/mol. The maximum Gasteiger partial charge on any atom is 0.253 e. The van der Waals surface area contributed by atoms with Crippen LogP contribution in [0.3, 0.4) is 0 Å². The van der Waals surface area contributed by atoms with Gasteiger partial charge in [-0.2, -0.15) is 5.10 Å². The lowest BCUT2D eigenvalue weighted by molar-refractivity contribution is 0.0784. The molecule has 1 amide bonds. The number of carbonyl (C=O) groups is 1. The van der Waals surface area contributed by atoms with Crippen molar-refractivity contribution in [3.8, 4) is 0 Å². The van der Waals surface area contributed by atoms with Gasteiger partial charge in [-0.05, 0) is 44.4 Å². The standard InChI is InChI=1S/C21H30N4O5S2/c1-15-20(16(2)25(23-15)19-10-12-32(29,30)14-19)13-24(3)21(26)18-7-5-17(6-8-18)9-11-22-31(4,27)28/h5-8,19,22H,9-14H2,1-4H3/t19-/m0/s1. The van der Waals surface area contributed by atoms with Gasteiger partial charge in [-0.15, -0.1) is 0 Å². The average Bonchev–Trinajstić information content (AvgIpc) is 3.20. The Bertz CT molecular complexity index is 1200. The number of nitrogens with zero attached hydrogens (tertiary/aromatic N) is 3. The number of aryl methyl sites for hydroxylation is 1. The van der Waals surface area contributed by atoms with E-state index in [2.05, 4.69) is 9.82 Å². The van der Waals surface area contributed by atoms with Crippen LogP contribution in [-0.4, -0.2) is 68.8 Å². The molecule has 32 heavy (non-hydrogen) atoms. The SMILES string of the molecule is Cc1nn([C@H]2CCS(=O)(=O)C2)c(C)c1CN(C)C(=O)c1ccc(CCNS(C)(=O)=O)cc1. The van der Waals surface area contributed by atoms with Crippen molar-refractivity contribution >= 4 is 25.8 Å². The lowest BCUT2D eigenvalue weighted by atomic mass is 10.1. The lowest BCUT2D eigenvalue weighted by Crippen LogP contribution is -2.27. The Balaban J connectivity index is 1.66. The maximum atomic E-state index is 12.9. The van der Waals surface area contributed by atoms with Crippen LogP contribution in [0.4, 0.5) is 0 Å². The number of amides is 1. The van der Waals surface area contributed by atoms with Crippen molar-refractivity contribution in [1.29, 1.82) is 0 Å². The minimum Gasteiger partial charge on any atom is -0.337 e. The molecule has 0 unspecified atom stereocenters. The van der Waals surface area contributed by atoms with E-state index in [-0.39, 0.29) is 23.5 Å².